The first kappa shape index (κ1) is 13.1. The maximum Gasteiger partial charge on any atom is 0.129 e. The summed E-state index contributed by atoms with van der Waals surface area (Å²) in [6.45, 7) is 0. The lowest BCUT2D eigenvalue weighted by molar-refractivity contribution is 0.415. The predicted molar refractivity (Wildman–Crippen MR) is 74.2 cm³/mol. The summed E-state index contributed by atoms with van der Waals surface area (Å²) in [5, 5.41) is 9.60. The molecule has 0 aliphatic carbocycles. The molecule has 1 N–H and O–H groups in total. The van der Waals surface area contributed by atoms with Crippen LogP contribution < -0.4 is 10.1 Å². The second-order valence-electron chi connectivity index (χ2n) is 4.21. The molecule has 0 aromatic carbocycles. The van der Waals surface area contributed by atoms with E-state index in [1.54, 1.807) is 18.4 Å². The summed E-state index contributed by atoms with van der Waals surface area (Å²) in [6, 6.07) is 4.55. The van der Waals surface area contributed by atoms with Crippen LogP contribution in [0.3, 0.4) is 0 Å². The molecule has 5 heteroatoms. The van der Waals surface area contributed by atoms with Crippen molar-refractivity contribution in [1.82, 2.24) is 15.1 Å². The fraction of sp³-hybridized carbons (Fsp3) is 0.462. The van der Waals surface area contributed by atoms with Crippen molar-refractivity contribution in [1.29, 1.82) is 0 Å². The second-order valence-corrected chi connectivity index (χ2v) is 5.16. The fourth-order valence-electron chi connectivity index (χ4n) is 1.99. The lowest BCUT2D eigenvalue weighted by Crippen LogP contribution is -2.16. The van der Waals surface area contributed by atoms with E-state index >= 15 is 0 Å². The Morgan fingerprint density at radius 1 is 1.56 bits per heavy atom. The standard InChI is InChI=1S/C13H19N3OS/c1-14-12(13-8-11(17-3)9-18-13)5-4-10-6-7-15-16(10)2/h6-9,12,14H,4-5H2,1-3H3. The Labute approximate surface area is 112 Å². The van der Waals surface area contributed by atoms with Gasteiger partial charge in [-0.3, -0.25) is 4.68 Å². The molecule has 0 aliphatic rings. The average molecular weight is 265 g/mol. The molecular formula is C13H19N3OS. The minimum absolute atomic E-state index is 0.369. The van der Waals surface area contributed by atoms with E-state index < -0.39 is 0 Å². The number of hydrogen-bond donors (Lipinski definition) is 1. The highest BCUT2D eigenvalue weighted by atomic mass is 32.1. The number of aromatic nitrogens is 2. The van der Waals surface area contributed by atoms with Crippen molar-refractivity contribution in [3.63, 3.8) is 0 Å². The van der Waals surface area contributed by atoms with Gasteiger partial charge in [-0.15, -0.1) is 11.3 Å². The largest absolute Gasteiger partial charge is 0.496 e. The van der Waals surface area contributed by atoms with E-state index in [1.165, 1.54) is 10.6 Å². The van der Waals surface area contributed by atoms with Gasteiger partial charge in [0.25, 0.3) is 0 Å². The van der Waals surface area contributed by atoms with Gasteiger partial charge in [-0.2, -0.15) is 5.10 Å². The molecule has 2 aromatic rings. The van der Waals surface area contributed by atoms with Crippen LogP contribution in [0.4, 0.5) is 0 Å². The molecule has 0 amide bonds. The zero-order valence-corrected chi connectivity index (χ0v) is 11.8. The second kappa shape index (κ2) is 6.02. The first-order chi connectivity index (χ1) is 8.74. The number of aryl methyl sites for hydroxylation is 2. The van der Waals surface area contributed by atoms with E-state index in [0.29, 0.717) is 6.04 Å². The molecule has 0 radical (unpaired) electrons. The smallest absolute Gasteiger partial charge is 0.129 e. The number of ether oxygens (including phenoxy) is 1. The van der Waals surface area contributed by atoms with E-state index in [0.717, 1.165) is 18.6 Å². The Morgan fingerprint density at radius 3 is 2.94 bits per heavy atom. The van der Waals surface area contributed by atoms with E-state index in [2.05, 4.69) is 22.5 Å². The summed E-state index contributed by atoms with van der Waals surface area (Å²) in [6.07, 6.45) is 3.92. The molecule has 2 aromatic heterocycles. The molecule has 0 aliphatic heterocycles. The van der Waals surface area contributed by atoms with E-state index in [4.69, 9.17) is 4.74 Å². The molecule has 1 atom stereocenters. The van der Waals surface area contributed by atoms with Crippen LogP contribution in [0, 0.1) is 0 Å². The molecular weight excluding hydrogens is 246 g/mol. The van der Waals surface area contributed by atoms with Gasteiger partial charge < -0.3 is 10.1 Å². The Balaban J connectivity index is 1.99. The van der Waals surface area contributed by atoms with Gasteiger partial charge in [-0.1, -0.05) is 0 Å². The van der Waals surface area contributed by atoms with Crippen molar-refractivity contribution in [2.75, 3.05) is 14.2 Å². The highest BCUT2D eigenvalue weighted by molar-refractivity contribution is 7.10. The summed E-state index contributed by atoms with van der Waals surface area (Å²) in [5.74, 6) is 0.941. The third-order valence-electron chi connectivity index (χ3n) is 3.13. The van der Waals surface area contributed by atoms with E-state index in [-0.39, 0.29) is 0 Å². The molecule has 1 unspecified atom stereocenters. The molecule has 18 heavy (non-hydrogen) atoms. The number of thiophene rings is 1. The quantitative estimate of drug-likeness (QED) is 0.871. The van der Waals surface area contributed by atoms with Gasteiger partial charge in [-0.25, -0.2) is 0 Å². The van der Waals surface area contributed by atoms with Crippen molar-refractivity contribution in [2.45, 2.75) is 18.9 Å². The zero-order valence-electron chi connectivity index (χ0n) is 11.0. The van der Waals surface area contributed by atoms with Crippen LogP contribution >= 0.6 is 11.3 Å². The highest BCUT2D eigenvalue weighted by Crippen LogP contribution is 2.29. The van der Waals surface area contributed by atoms with Crippen LogP contribution in [0.1, 0.15) is 23.0 Å². The van der Waals surface area contributed by atoms with Crippen LogP contribution in [-0.2, 0) is 13.5 Å². The SMILES string of the molecule is CNC(CCc1ccnn1C)c1cc(OC)cs1. The van der Waals surface area contributed by atoms with Crippen LogP contribution in [0.15, 0.2) is 23.7 Å². The van der Waals surface area contributed by atoms with Gasteiger partial charge >= 0.3 is 0 Å². The molecule has 0 saturated heterocycles. The third-order valence-corrected chi connectivity index (χ3v) is 4.16. The molecule has 0 bridgehead atoms. The Kier molecular flexibility index (Phi) is 4.38. The monoisotopic (exact) mass is 265 g/mol. The summed E-state index contributed by atoms with van der Waals surface area (Å²) in [4.78, 5) is 1.32. The molecule has 0 spiro atoms. The first-order valence-corrected chi connectivity index (χ1v) is 6.89. The van der Waals surface area contributed by atoms with E-state index in [1.807, 2.05) is 30.4 Å². The van der Waals surface area contributed by atoms with Crippen LogP contribution in [0.25, 0.3) is 0 Å². The van der Waals surface area contributed by atoms with Gasteiger partial charge in [0.1, 0.15) is 5.75 Å². The summed E-state index contributed by atoms with van der Waals surface area (Å²) in [7, 11) is 5.69. The molecule has 0 saturated carbocycles. The maximum absolute atomic E-state index is 5.23. The Bertz CT molecular complexity index is 492. The lowest BCUT2D eigenvalue weighted by atomic mass is 10.1. The minimum Gasteiger partial charge on any atom is -0.496 e. The Morgan fingerprint density at radius 2 is 2.39 bits per heavy atom. The Hall–Kier alpha value is -1.33. The molecule has 98 valence electrons. The molecule has 2 rings (SSSR count). The third kappa shape index (κ3) is 2.91. The fourth-order valence-corrected chi connectivity index (χ4v) is 2.99. The normalized spacial score (nSPS) is 12.6. The zero-order chi connectivity index (χ0) is 13.0. The predicted octanol–water partition coefficient (Wildman–Crippen LogP) is 2.38. The number of rotatable bonds is 6. The summed E-state index contributed by atoms with van der Waals surface area (Å²) in [5.41, 5.74) is 1.26. The number of methoxy groups -OCH3 is 1. The lowest BCUT2D eigenvalue weighted by Gasteiger charge is -2.14. The topological polar surface area (TPSA) is 39.1 Å². The number of nitrogens with zero attached hydrogens (tertiary/aromatic N) is 2. The van der Waals surface area contributed by atoms with Crippen molar-refractivity contribution < 1.29 is 4.74 Å². The number of hydrogen-bond acceptors (Lipinski definition) is 4. The minimum atomic E-state index is 0.369. The van der Waals surface area contributed by atoms with Crippen molar-refractivity contribution in [2.24, 2.45) is 7.05 Å². The van der Waals surface area contributed by atoms with Crippen LogP contribution in [0.5, 0.6) is 5.75 Å². The highest BCUT2D eigenvalue weighted by Gasteiger charge is 2.13. The van der Waals surface area contributed by atoms with Gasteiger partial charge in [0.15, 0.2) is 0 Å². The maximum atomic E-state index is 5.23. The van der Waals surface area contributed by atoms with E-state index in [9.17, 15) is 0 Å². The summed E-state index contributed by atoms with van der Waals surface area (Å²) < 4.78 is 7.16. The molecule has 0 fully saturated rings. The van der Waals surface area contributed by atoms with Crippen LogP contribution in [0.2, 0.25) is 0 Å². The van der Waals surface area contributed by atoms with Gasteiger partial charge in [-0.05, 0) is 32.0 Å². The van der Waals surface area contributed by atoms with Gasteiger partial charge in [0.2, 0.25) is 0 Å². The van der Waals surface area contributed by atoms with Gasteiger partial charge in [0, 0.05) is 35.2 Å². The molecule has 4 nitrogen and oxygen atoms in total. The number of nitrogens with one attached hydrogen (secondary N) is 1. The van der Waals surface area contributed by atoms with Crippen molar-refractivity contribution in [3.05, 3.63) is 34.3 Å². The van der Waals surface area contributed by atoms with Crippen molar-refractivity contribution >= 4 is 11.3 Å². The first-order valence-electron chi connectivity index (χ1n) is 6.01. The van der Waals surface area contributed by atoms with Gasteiger partial charge in [0.05, 0.1) is 7.11 Å². The molecule has 2 heterocycles. The van der Waals surface area contributed by atoms with Crippen LogP contribution in [-0.4, -0.2) is 23.9 Å². The summed E-state index contributed by atoms with van der Waals surface area (Å²) >= 11 is 1.74. The average Bonchev–Trinajstić information content (AvgIpc) is 3.00. The van der Waals surface area contributed by atoms with Crippen molar-refractivity contribution in [3.8, 4) is 5.75 Å².